The number of carbonyl (C=O) groups excluding carboxylic acids is 2. The third kappa shape index (κ3) is 8.15. The highest BCUT2D eigenvalue weighted by molar-refractivity contribution is 5.91. The van der Waals surface area contributed by atoms with E-state index in [0.29, 0.717) is 25.1 Å². The van der Waals surface area contributed by atoms with E-state index in [1.807, 2.05) is 0 Å². The summed E-state index contributed by atoms with van der Waals surface area (Å²) < 4.78 is 0. The maximum atomic E-state index is 10.9. The van der Waals surface area contributed by atoms with E-state index in [-0.39, 0.29) is 11.8 Å². The van der Waals surface area contributed by atoms with Gasteiger partial charge in [-0.2, -0.15) is 0 Å². The van der Waals surface area contributed by atoms with Crippen molar-refractivity contribution >= 4 is 11.8 Å². The Hall–Kier alpha value is -1.62. The predicted molar refractivity (Wildman–Crippen MR) is 77.3 cm³/mol. The van der Waals surface area contributed by atoms with Crippen LogP contribution in [-0.4, -0.2) is 36.3 Å². The average Bonchev–Trinajstić information content (AvgIpc) is 2.40. The lowest BCUT2D eigenvalue weighted by atomic mass is 10.1. The SMILES string of the molecule is C=C(C)C(=O)NCCCN.C=CN1CCCCC1=O. The minimum Gasteiger partial charge on any atom is -0.352 e. The van der Waals surface area contributed by atoms with Gasteiger partial charge in [-0.1, -0.05) is 13.2 Å². The molecule has 5 heteroatoms. The van der Waals surface area contributed by atoms with Crippen molar-refractivity contribution in [2.24, 2.45) is 5.73 Å². The molecule has 0 aliphatic carbocycles. The average molecular weight is 267 g/mol. The molecule has 1 rings (SSSR count). The number of hydrogen-bond acceptors (Lipinski definition) is 3. The summed E-state index contributed by atoms with van der Waals surface area (Å²) in [7, 11) is 0. The van der Waals surface area contributed by atoms with Crippen molar-refractivity contribution < 1.29 is 9.59 Å². The Morgan fingerprint density at radius 1 is 1.53 bits per heavy atom. The Labute approximate surface area is 115 Å². The van der Waals surface area contributed by atoms with Gasteiger partial charge in [0.05, 0.1) is 0 Å². The van der Waals surface area contributed by atoms with Gasteiger partial charge in [0.2, 0.25) is 11.8 Å². The molecule has 0 unspecified atom stereocenters. The van der Waals surface area contributed by atoms with Gasteiger partial charge in [0.25, 0.3) is 0 Å². The zero-order chi connectivity index (χ0) is 14.7. The molecule has 1 heterocycles. The molecule has 1 fully saturated rings. The Morgan fingerprint density at radius 2 is 2.21 bits per heavy atom. The fraction of sp³-hybridized carbons (Fsp3) is 0.571. The summed E-state index contributed by atoms with van der Waals surface area (Å²) in [5, 5.41) is 2.66. The van der Waals surface area contributed by atoms with Gasteiger partial charge in [0, 0.05) is 25.1 Å². The lowest BCUT2D eigenvalue weighted by Crippen LogP contribution is -2.29. The van der Waals surface area contributed by atoms with Crippen LogP contribution < -0.4 is 11.1 Å². The zero-order valence-corrected chi connectivity index (χ0v) is 11.8. The standard InChI is InChI=1S/C7H14N2O.C7H11NO/c1-6(2)7(10)9-5-3-4-8;1-2-8-6-4-3-5-7(8)9/h1,3-5,8H2,2H3,(H,9,10);2H,1,3-6H2. The first kappa shape index (κ1) is 17.4. The van der Waals surface area contributed by atoms with Crippen LogP contribution in [0.4, 0.5) is 0 Å². The van der Waals surface area contributed by atoms with Crippen LogP contribution in [0.2, 0.25) is 0 Å². The van der Waals surface area contributed by atoms with E-state index in [9.17, 15) is 9.59 Å². The highest BCUT2D eigenvalue weighted by atomic mass is 16.2. The van der Waals surface area contributed by atoms with Gasteiger partial charge in [0.1, 0.15) is 0 Å². The van der Waals surface area contributed by atoms with Crippen molar-refractivity contribution in [3.05, 3.63) is 24.9 Å². The van der Waals surface area contributed by atoms with E-state index in [1.54, 1.807) is 18.0 Å². The molecule has 0 aromatic rings. The third-order valence-corrected chi connectivity index (χ3v) is 2.63. The van der Waals surface area contributed by atoms with E-state index in [0.717, 1.165) is 25.8 Å². The first-order valence-corrected chi connectivity index (χ1v) is 6.58. The van der Waals surface area contributed by atoms with E-state index >= 15 is 0 Å². The summed E-state index contributed by atoms with van der Waals surface area (Å²) >= 11 is 0. The summed E-state index contributed by atoms with van der Waals surface area (Å²) in [6.45, 7) is 10.8. The van der Waals surface area contributed by atoms with Gasteiger partial charge >= 0.3 is 0 Å². The highest BCUT2D eigenvalue weighted by Crippen LogP contribution is 2.09. The molecule has 3 N–H and O–H groups in total. The van der Waals surface area contributed by atoms with Crippen LogP contribution in [0, 0.1) is 0 Å². The van der Waals surface area contributed by atoms with Crippen LogP contribution in [0.3, 0.4) is 0 Å². The minimum absolute atomic E-state index is 0.0894. The van der Waals surface area contributed by atoms with Gasteiger partial charge in [-0.3, -0.25) is 9.59 Å². The molecule has 0 aromatic heterocycles. The van der Waals surface area contributed by atoms with Crippen LogP contribution in [-0.2, 0) is 9.59 Å². The number of piperidine rings is 1. The topological polar surface area (TPSA) is 75.4 Å². The van der Waals surface area contributed by atoms with E-state index in [1.165, 1.54) is 0 Å². The smallest absolute Gasteiger partial charge is 0.246 e. The van der Waals surface area contributed by atoms with Crippen LogP contribution in [0.25, 0.3) is 0 Å². The number of rotatable bonds is 5. The number of likely N-dealkylation sites (tertiary alicyclic amines) is 1. The largest absolute Gasteiger partial charge is 0.352 e. The van der Waals surface area contributed by atoms with Crippen LogP contribution >= 0.6 is 0 Å². The van der Waals surface area contributed by atoms with Gasteiger partial charge in [-0.15, -0.1) is 0 Å². The van der Waals surface area contributed by atoms with E-state index < -0.39 is 0 Å². The van der Waals surface area contributed by atoms with Crippen molar-refractivity contribution in [1.29, 1.82) is 0 Å². The fourth-order valence-electron chi connectivity index (χ4n) is 1.47. The summed E-state index contributed by atoms with van der Waals surface area (Å²) in [5.74, 6) is 0.129. The minimum atomic E-state index is -0.0894. The van der Waals surface area contributed by atoms with Gasteiger partial charge in [-0.05, 0) is 38.9 Å². The number of nitrogens with zero attached hydrogens (tertiary/aromatic N) is 1. The lowest BCUT2D eigenvalue weighted by Gasteiger charge is -2.21. The number of amides is 2. The number of nitrogens with two attached hydrogens (primary N) is 1. The number of carbonyl (C=O) groups is 2. The predicted octanol–water partition coefficient (Wildman–Crippen LogP) is 1.17. The quantitative estimate of drug-likeness (QED) is 0.580. The molecule has 5 nitrogen and oxygen atoms in total. The molecule has 1 aliphatic rings. The first-order chi connectivity index (χ1) is 9.02. The summed E-state index contributed by atoms with van der Waals surface area (Å²) in [5.41, 5.74) is 5.76. The Morgan fingerprint density at radius 3 is 2.63 bits per heavy atom. The second-order valence-corrected chi connectivity index (χ2v) is 4.41. The molecule has 0 saturated carbocycles. The Kier molecular flexibility index (Phi) is 9.44. The molecular formula is C14H25N3O2. The molecule has 108 valence electrons. The van der Waals surface area contributed by atoms with Crippen LogP contribution in [0.15, 0.2) is 24.9 Å². The van der Waals surface area contributed by atoms with Crippen molar-refractivity contribution in [3.8, 4) is 0 Å². The first-order valence-electron chi connectivity index (χ1n) is 6.58. The van der Waals surface area contributed by atoms with Gasteiger partial charge < -0.3 is 16.0 Å². The monoisotopic (exact) mass is 267 g/mol. The molecule has 0 bridgehead atoms. The summed E-state index contributed by atoms with van der Waals surface area (Å²) in [6, 6.07) is 0. The van der Waals surface area contributed by atoms with Gasteiger partial charge in [-0.25, -0.2) is 0 Å². The zero-order valence-electron chi connectivity index (χ0n) is 11.8. The van der Waals surface area contributed by atoms with Crippen LogP contribution in [0.1, 0.15) is 32.6 Å². The number of nitrogens with one attached hydrogen (secondary N) is 1. The van der Waals surface area contributed by atoms with Gasteiger partial charge in [0.15, 0.2) is 0 Å². The van der Waals surface area contributed by atoms with Crippen molar-refractivity contribution in [2.75, 3.05) is 19.6 Å². The second-order valence-electron chi connectivity index (χ2n) is 4.41. The van der Waals surface area contributed by atoms with Crippen LogP contribution in [0.5, 0.6) is 0 Å². The molecule has 0 spiro atoms. The van der Waals surface area contributed by atoms with E-state index in [2.05, 4.69) is 18.5 Å². The molecule has 0 radical (unpaired) electrons. The molecule has 1 saturated heterocycles. The van der Waals surface area contributed by atoms with Crippen molar-refractivity contribution in [3.63, 3.8) is 0 Å². The molecular weight excluding hydrogens is 242 g/mol. The Bertz CT molecular complexity index is 327. The molecule has 1 aliphatic heterocycles. The van der Waals surface area contributed by atoms with Crippen molar-refractivity contribution in [2.45, 2.75) is 32.6 Å². The number of hydrogen-bond donors (Lipinski definition) is 2. The third-order valence-electron chi connectivity index (χ3n) is 2.63. The second kappa shape index (κ2) is 10.3. The molecule has 0 atom stereocenters. The summed E-state index contributed by atoms with van der Waals surface area (Å²) in [4.78, 5) is 23.3. The normalized spacial score (nSPS) is 14.2. The molecule has 19 heavy (non-hydrogen) atoms. The van der Waals surface area contributed by atoms with E-state index in [4.69, 9.17) is 5.73 Å². The molecule has 0 aromatic carbocycles. The Balaban J connectivity index is 0.000000342. The maximum absolute atomic E-state index is 10.9. The summed E-state index contributed by atoms with van der Waals surface area (Å²) in [6.07, 6.45) is 5.30. The highest BCUT2D eigenvalue weighted by Gasteiger charge is 2.13. The maximum Gasteiger partial charge on any atom is 0.246 e. The fourth-order valence-corrected chi connectivity index (χ4v) is 1.47. The lowest BCUT2D eigenvalue weighted by molar-refractivity contribution is -0.130. The van der Waals surface area contributed by atoms with Crippen molar-refractivity contribution in [1.82, 2.24) is 10.2 Å². The molecule has 2 amide bonds.